The number of hydrogen-bond donors (Lipinski definition) is 6. The Morgan fingerprint density at radius 2 is 0.574 bits per heavy atom. The zero-order valence-corrected chi connectivity index (χ0v) is 96.2. The number of amides is 6. The van der Waals surface area contributed by atoms with Crippen LogP contribution >= 0.6 is 98.3 Å². The van der Waals surface area contributed by atoms with Crippen LogP contribution in [0.2, 0.25) is 0 Å². The number of rotatable bonds is 29. The second-order valence-electron chi connectivity index (χ2n) is 36.8. The Morgan fingerprint density at radius 1 is 0.395 bits per heavy atom. The van der Waals surface area contributed by atoms with Crippen molar-refractivity contribution in [2.24, 2.45) is 10.8 Å². The minimum atomic E-state index is -5.47. The van der Waals surface area contributed by atoms with Crippen molar-refractivity contribution in [2.75, 3.05) is 60.5 Å². The van der Waals surface area contributed by atoms with Gasteiger partial charge in [0.1, 0.15) is 69.9 Å². The van der Waals surface area contributed by atoms with Gasteiger partial charge in [-0.1, -0.05) is 97.6 Å². The first-order chi connectivity index (χ1) is 57.8. The maximum absolute atomic E-state index is 11.7. The van der Waals surface area contributed by atoms with E-state index in [2.05, 4.69) is 123 Å². The van der Waals surface area contributed by atoms with Gasteiger partial charge in [0.05, 0.1) is 54.4 Å². The summed E-state index contributed by atoms with van der Waals surface area (Å²) in [5.74, 6) is -2.87. The summed E-state index contributed by atoms with van der Waals surface area (Å²) >= 11 is 11.5. The van der Waals surface area contributed by atoms with Gasteiger partial charge in [0, 0.05) is 5.33 Å². The Morgan fingerprint density at radius 3 is 0.729 bits per heavy atom. The summed E-state index contributed by atoms with van der Waals surface area (Å²) < 4.78 is 64.0. The number of methoxy groups -OCH3 is 6. The molecule has 42 heteroatoms. The van der Waals surface area contributed by atoms with Gasteiger partial charge in [-0.05, 0) is 261 Å². The van der Waals surface area contributed by atoms with Crippen molar-refractivity contribution < 1.29 is 141 Å². The number of allylic oxidation sites excluding steroid dienone is 8. The molecule has 7 atom stereocenters. The van der Waals surface area contributed by atoms with Crippen LogP contribution in [0.15, 0.2) is 60.3 Å². The number of alkyl halides is 1. The number of halogens is 8. The number of alkyl carbamates (subject to hydrolysis) is 6. The molecule has 1 aliphatic heterocycles. The van der Waals surface area contributed by atoms with Crippen LogP contribution in [-0.2, 0) is 112 Å². The molecule has 1 rings (SSSR count). The van der Waals surface area contributed by atoms with Crippen LogP contribution < -0.4 is 31.9 Å². The fourth-order valence-electron chi connectivity index (χ4n) is 8.52. The molecule has 1 saturated heterocycles. The fourth-order valence-corrected chi connectivity index (χ4v) is 9.17. The van der Waals surface area contributed by atoms with Crippen molar-refractivity contribution in [3.8, 4) is 0 Å². The summed E-state index contributed by atoms with van der Waals surface area (Å²) in [5.41, 5.74) is -0.611. The molecule has 1 fully saturated rings. The fraction of sp³-hybridized carbons (Fsp3) is 0.747. The van der Waals surface area contributed by atoms with Gasteiger partial charge in [-0.25, -0.2) is 57.5 Å². The Hall–Kier alpha value is -4.64. The van der Waals surface area contributed by atoms with E-state index in [0.717, 1.165) is 5.33 Å². The van der Waals surface area contributed by atoms with E-state index in [4.69, 9.17) is 104 Å². The number of nitrogens with one attached hydrogen (secondary N) is 6. The number of thioether (sulfide) groups is 1. The van der Waals surface area contributed by atoms with Crippen LogP contribution in [-0.4, -0.2) is 214 Å². The van der Waals surface area contributed by atoms with Gasteiger partial charge in [-0.15, -0.1) is 13.2 Å². The number of carbonyl (C=O) groups excluding carboxylic acids is 12. The Kier molecular flexibility index (Phi) is 74.5. The van der Waals surface area contributed by atoms with Crippen LogP contribution in [0, 0.1) is 10.8 Å². The number of hydrogen-bond acceptors (Lipinski definition) is 26. The van der Waals surface area contributed by atoms with Gasteiger partial charge in [0.15, 0.2) is 0 Å². The van der Waals surface area contributed by atoms with Gasteiger partial charge in [0.25, 0.3) is 0 Å². The Balaban J connectivity index is -0.000000184. The van der Waals surface area contributed by atoms with Crippen molar-refractivity contribution in [2.45, 2.75) is 354 Å². The first-order valence-electron chi connectivity index (χ1n) is 40.6. The van der Waals surface area contributed by atoms with E-state index in [0.29, 0.717) is 57.8 Å². The average Bonchev–Trinajstić information content (AvgIpc) is 1.27. The number of carbonyl (C=O) groups is 12. The van der Waals surface area contributed by atoms with Crippen LogP contribution in [0.3, 0.4) is 0 Å². The van der Waals surface area contributed by atoms with Crippen molar-refractivity contribution >= 4 is 171 Å². The molecule has 0 aliphatic carbocycles. The molecule has 0 aromatic carbocycles. The normalized spacial score (nSPS) is 14.3. The molecule has 0 bridgehead atoms. The predicted octanol–water partition coefficient (Wildman–Crippen LogP) is 22.7. The molecule has 0 aromatic rings. The molecule has 129 heavy (non-hydrogen) atoms. The third kappa shape index (κ3) is 104. The van der Waals surface area contributed by atoms with Crippen LogP contribution in [0.25, 0.3) is 0 Å². The quantitative estimate of drug-likeness (QED) is 0.0101. The molecule has 1 heterocycles. The molecular weight excluding hydrogens is 2180 g/mol. The summed E-state index contributed by atoms with van der Waals surface area (Å²) in [6, 6.07) is -4.24. The Bertz CT molecular complexity index is 3310. The van der Waals surface area contributed by atoms with E-state index >= 15 is 0 Å². The zero-order chi connectivity index (χ0) is 104. The number of esters is 6. The summed E-state index contributed by atoms with van der Waals surface area (Å²) in [7, 11) is 32.7. The predicted molar refractivity (Wildman–Crippen MR) is 521 cm³/mol. The van der Waals surface area contributed by atoms with Gasteiger partial charge in [-0.3, -0.25) is 0 Å². The molecular formula is C87H159Br2Cl6CuN6O25SW. The molecule has 766 valence electrons. The van der Waals surface area contributed by atoms with E-state index in [1.165, 1.54) is 59.4 Å². The maximum atomic E-state index is 11.7. The standard InChI is InChI=1S/C14H25NO5.4C14H25NO4.C10H19NO4.C5H9Br.C2H6S.BrH.6ClH.Cu.W/c1-13(2,3)20-12(17)15-9(11(16)18-6)7-8-10-14(4,5)19-10;2*1-10(2)8-7-9-11(12(16)18-6)15-13(17)19-14(3,4)5;2*1-8-14(5,6)9-10(11(16)18-7)15-12(17)19-13(2,3)4;1-6-7(8(12)14-5)11-9(13)15-10(2,3)4;1-5(2)3-4-6;1-3-2;;;;;;;;;/h9-10H,7-8H2,1-6H3,(H,15,17);2*8,11H,7,9H2,1-6H3,(H,15,17);2*8,10H,1,9H2,2-7H3,(H,15,17);7H,6H2,1-5H3,(H,11,13);3H,4H2,1-2H3;1-2H3;7*1H;;/q;;;;;;;;;;;;;;;+1;+6/p-7/t9-,10?;2*11-;2*10-;7-;;;;;;;;;;;/m000000.........../s1. The molecule has 6 amide bonds. The molecule has 0 aromatic heterocycles. The van der Waals surface area contributed by atoms with Crippen molar-refractivity contribution in [3.05, 3.63) is 60.3 Å². The van der Waals surface area contributed by atoms with Crippen molar-refractivity contribution in [3.63, 3.8) is 0 Å². The molecule has 0 radical (unpaired) electrons. The average molecular weight is 2340 g/mol. The van der Waals surface area contributed by atoms with Crippen LogP contribution in [0.1, 0.15) is 272 Å². The van der Waals surface area contributed by atoms with E-state index in [1.54, 1.807) is 155 Å². The van der Waals surface area contributed by atoms with Gasteiger partial charge in [0.2, 0.25) is 0 Å². The van der Waals surface area contributed by atoms with Gasteiger partial charge < -0.3 is 93.5 Å². The second-order valence-corrected chi connectivity index (χ2v) is 102. The molecule has 0 saturated carbocycles. The molecule has 6 N–H and O–H groups in total. The molecule has 31 nitrogen and oxygen atoms in total. The number of epoxide rings is 1. The Labute approximate surface area is 821 Å². The number of ether oxygens (including phenoxy) is 13. The summed E-state index contributed by atoms with van der Waals surface area (Å²) in [4.78, 5) is 139. The molecule has 0 spiro atoms. The van der Waals surface area contributed by atoms with E-state index in [-0.39, 0.29) is 22.5 Å². The zero-order valence-electron chi connectivity index (χ0n) is 83.8. The monoisotopic (exact) mass is 2330 g/mol. The van der Waals surface area contributed by atoms with E-state index in [1.807, 2.05) is 93.9 Å². The van der Waals surface area contributed by atoms with Gasteiger partial charge >= 0.3 is 165 Å². The molecule has 1 unspecified atom stereocenters. The summed E-state index contributed by atoms with van der Waals surface area (Å²) in [6.45, 7) is 64.7. The summed E-state index contributed by atoms with van der Waals surface area (Å²) in [6.07, 6.45) is 14.8. The third-order valence-electron chi connectivity index (χ3n) is 14.4. The third-order valence-corrected chi connectivity index (χ3v) is 14.7. The van der Waals surface area contributed by atoms with Crippen molar-refractivity contribution in [1.29, 1.82) is 0 Å². The van der Waals surface area contributed by atoms with E-state index < -0.39 is 150 Å². The van der Waals surface area contributed by atoms with Gasteiger partial charge in [-0.2, -0.15) is 11.8 Å². The van der Waals surface area contributed by atoms with Crippen LogP contribution in [0.4, 0.5) is 28.8 Å². The summed E-state index contributed by atoms with van der Waals surface area (Å²) in [5, 5.41) is 16.1. The van der Waals surface area contributed by atoms with Crippen molar-refractivity contribution in [1.82, 2.24) is 31.9 Å². The second kappa shape index (κ2) is 67.5. The van der Waals surface area contributed by atoms with Crippen LogP contribution in [0.5, 0.6) is 0 Å². The first-order valence-corrected chi connectivity index (χ1v) is 67.5. The molecule has 1 aliphatic rings. The topological polar surface area (TPSA) is 400 Å². The minimum absolute atomic E-state index is 0.120. The SMILES string of the molecule is C=CC(C)(C)C[C@H](NC(=O)OC(C)(C)C)C(=O)OC.C=CC(C)(C)C[C@H](NC(=O)OC(C)(C)C)C(=O)OC.CC(C)=CCBr.CC[C@H](NC(=O)OC(C)(C)C)C(=O)OC.COC(=O)[C@H](CCC1OC1(C)C)NC(=O)OC(C)(C)C.COC(=O)[C@H](CCC=C(C)C)NC(=O)OC(C)(C)C.COC(=O)[C@H](CCC=C(C)C)NC(=O)OC(C)(C)C.CSC.[Cl][W]([Cl])([Cl])([Cl])([Cl])[Cl].[Cu][Br]. The van der Waals surface area contributed by atoms with E-state index in [9.17, 15) is 57.5 Å². The first kappa shape index (κ1) is 142.